The third-order valence-corrected chi connectivity index (χ3v) is 3.54. The van der Waals surface area contributed by atoms with Crippen molar-refractivity contribution in [2.45, 2.75) is 38.0 Å². The van der Waals surface area contributed by atoms with Crippen LogP contribution in [0.15, 0.2) is 66.7 Å². The van der Waals surface area contributed by atoms with Crippen LogP contribution in [0.25, 0.3) is 0 Å². The zero-order valence-corrected chi connectivity index (χ0v) is 11.0. The van der Waals surface area contributed by atoms with Gasteiger partial charge in [-0.2, -0.15) is 0 Å². The molecule has 0 aromatic heterocycles. The third kappa shape index (κ3) is 4.37. The summed E-state index contributed by atoms with van der Waals surface area (Å²) >= 11 is 0. The molecule has 0 nitrogen and oxygen atoms in total. The standard InChI is InChI=1S/C12H16.C6H6.H2/c1-3-7-11(8-4-1)12-9-5-2-6-10-12;1-2-4-6-5-3-1;/h1,3-4,7-8,12H,2,5-6,9-10H2;1-6H;1H. The van der Waals surface area contributed by atoms with Crippen LogP contribution in [0.5, 0.6) is 0 Å². The Bertz CT molecular complexity index is 378. The van der Waals surface area contributed by atoms with Gasteiger partial charge in [-0.15, -0.1) is 0 Å². The maximum Gasteiger partial charge on any atom is 0 e. The fourth-order valence-corrected chi connectivity index (χ4v) is 2.55. The van der Waals surface area contributed by atoms with Crippen LogP contribution in [-0.2, 0) is 0 Å². The molecule has 0 aliphatic heterocycles. The summed E-state index contributed by atoms with van der Waals surface area (Å²) < 4.78 is 0. The second-order valence-electron chi connectivity index (χ2n) is 4.90. The van der Waals surface area contributed by atoms with Crippen LogP contribution >= 0.6 is 0 Å². The molecule has 96 valence electrons. The maximum absolute atomic E-state index is 2.27. The van der Waals surface area contributed by atoms with Crippen LogP contribution in [-0.4, -0.2) is 0 Å². The molecule has 0 spiro atoms. The first-order valence-electron chi connectivity index (χ1n) is 7.02. The average molecular weight is 240 g/mol. The van der Waals surface area contributed by atoms with Gasteiger partial charge in [0.2, 0.25) is 0 Å². The molecule has 2 aromatic carbocycles. The van der Waals surface area contributed by atoms with E-state index < -0.39 is 0 Å². The van der Waals surface area contributed by atoms with Crippen molar-refractivity contribution < 1.29 is 1.43 Å². The Balaban J connectivity index is 0.000000220. The van der Waals surface area contributed by atoms with Gasteiger partial charge in [-0.05, 0) is 24.3 Å². The molecule has 0 radical (unpaired) electrons. The minimum Gasteiger partial charge on any atom is -0.0623 e. The largest absolute Gasteiger partial charge is 0.0623 e. The van der Waals surface area contributed by atoms with Crippen molar-refractivity contribution >= 4 is 0 Å². The van der Waals surface area contributed by atoms with E-state index in [0.29, 0.717) is 0 Å². The van der Waals surface area contributed by atoms with Crippen molar-refractivity contribution in [1.29, 1.82) is 0 Å². The molecule has 1 saturated carbocycles. The summed E-state index contributed by atoms with van der Waals surface area (Å²) in [5.41, 5.74) is 1.55. The van der Waals surface area contributed by atoms with Crippen LogP contribution in [0.2, 0.25) is 0 Å². The lowest BCUT2D eigenvalue weighted by Crippen LogP contribution is -2.03. The summed E-state index contributed by atoms with van der Waals surface area (Å²) in [5.74, 6) is 0.861. The first-order valence-corrected chi connectivity index (χ1v) is 7.02. The fourth-order valence-electron chi connectivity index (χ4n) is 2.55. The topological polar surface area (TPSA) is 0 Å². The Morgan fingerprint density at radius 3 is 1.56 bits per heavy atom. The summed E-state index contributed by atoms with van der Waals surface area (Å²) in [6.45, 7) is 0. The molecule has 1 fully saturated rings. The van der Waals surface area contributed by atoms with Crippen LogP contribution in [0.3, 0.4) is 0 Å². The highest BCUT2D eigenvalue weighted by molar-refractivity contribution is 5.19. The molecule has 1 aliphatic carbocycles. The molecule has 1 aliphatic rings. The summed E-state index contributed by atoms with van der Waals surface area (Å²) in [6, 6.07) is 23.0. The molecular formula is C18H24. The number of rotatable bonds is 1. The molecule has 0 heteroatoms. The van der Waals surface area contributed by atoms with Gasteiger partial charge in [0.15, 0.2) is 0 Å². The third-order valence-electron chi connectivity index (χ3n) is 3.54. The van der Waals surface area contributed by atoms with E-state index in [1.54, 1.807) is 5.56 Å². The molecule has 0 saturated heterocycles. The van der Waals surface area contributed by atoms with E-state index in [1.807, 2.05) is 36.4 Å². The van der Waals surface area contributed by atoms with Gasteiger partial charge in [0.25, 0.3) is 0 Å². The number of hydrogen-bond donors (Lipinski definition) is 0. The lowest BCUT2D eigenvalue weighted by atomic mass is 9.84. The highest BCUT2D eigenvalue weighted by Gasteiger charge is 2.14. The molecule has 0 N–H and O–H groups in total. The van der Waals surface area contributed by atoms with E-state index in [1.165, 1.54) is 32.1 Å². The first kappa shape index (κ1) is 12.9. The quantitative estimate of drug-likeness (QED) is 0.602. The average Bonchev–Trinajstić information content (AvgIpc) is 2.51. The SMILES string of the molecule is [HH].c1ccc(C2CCCCC2)cc1.c1ccccc1. The molecular weight excluding hydrogens is 216 g/mol. The predicted octanol–water partition coefficient (Wildman–Crippen LogP) is 5.67. The van der Waals surface area contributed by atoms with Crippen LogP contribution < -0.4 is 0 Å². The molecule has 0 bridgehead atoms. The Hall–Kier alpha value is -1.56. The smallest absolute Gasteiger partial charge is 0 e. The van der Waals surface area contributed by atoms with E-state index in [4.69, 9.17) is 0 Å². The van der Waals surface area contributed by atoms with Crippen molar-refractivity contribution in [3.63, 3.8) is 0 Å². The summed E-state index contributed by atoms with van der Waals surface area (Å²) in [7, 11) is 0. The van der Waals surface area contributed by atoms with Crippen molar-refractivity contribution in [1.82, 2.24) is 0 Å². The van der Waals surface area contributed by atoms with Crippen molar-refractivity contribution in [2.24, 2.45) is 0 Å². The molecule has 2 aromatic rings. The van der Waals surface area contributed by atoms with E-state index >= 15 is 0 Å². The van der Waals surface area contributed by atoms with Gasteiger partial charge in [-0.3, -0.25) is 0 Å². The van der Waals surface area contributed by atoms with Crippen molar-refractivity contribution in [3.8, 4) is 0 Å². The fraction of sp³-hybridized carbons (Fsp3) is 0.333. The predicted molar refractivity (Wildman–Crippen MR) is 80.8 cm³/mol. The van der Waals surface area contributed by atoms with Gasteiger partial charge >= 0.3 is 0 Å². The monoisotopic (exact) mass is 240 g/mol. The normalized spacial score (nSPS) is 15.6. The first-order chi connectivity index (χ1) is 8.97. The Morgan fingerprint density at radius 2 is 1.06 bits per heavy atom. The summed E-state index contributed by atoms with van der Waals surface area (Å²) in [5, 5.41) is 0. The Labute approximate surface area is 112 Å². The molecule has 3 rings (SSSR count). The van der Waals surface area contributed by atoms with E-state index in [2.05, 4.69) is 30.3 Å². The van der Waals surface area contributed by atoms with Gasteiger partial charge in [-0.25, -0.2) is 0 Å². The second kappa shape index (κ2) is 7.71. The minimum atomic E-state index is 0. The molecule has 0 atom stereocenters. The zero-order chi connectivity index (χ0) is 12.5. The van der Waals surface area contributed by atoms with Crippen LogP contribution in [0, 0.1) is 0 Å². The Morgan fingerprint density at radius 1 is 0.611 bits per heavy atom. The number of hydrogen-bond acceptors (Lipinski definition) is 0. The van der Waals surface area contributed by atoms with Crippen molar-refractivity contribution in [3.05, 3.63) is 72.3 Å². The maximum atomic E-state index is 2.27. The molecule has 18 heavy (non-hydrogen) atoms. The van der Waals surface area contributed by atoms with Gasteiger partial charge < -0.3 is 0 Å². The lowest BCUT2D eigenvalue weighted by Gasteiger charge is -2.21. The van der Waals surface area contributed by atoms with E-state index in [9.17, 15) is 0 Å². The van der Waals surface area contributed by atoms with Gasteiger partial charge in [-0.1, -0.05) is 86.0 Å². The zero-order valence-electron chi connectivity index (χ0n) is 11.0. The van der Waals surface area contributed by atoms with Crippen LogP contribution in [0.4, 0.5) is 0 Å². The van der Waals surface area contributed by atoms with Gasteiger partial charge in [0.1, 0.15) is 0 Å². The van der Waals surface area contributed by atoms with Gasteiger partial charge in [0.05, 0.1) is 0 Å². The molecule has 0 amide bonds. The second-order valence-corrected chi connectivity index (χ2v) is 4.90. The number of benzene rings is 2. The van der Waals surface area contributed by atoms with Crippen LogP contribution in [0.1, 0.15) is 45.0 Å². The van der Waals surface area contributed by atoms with Crippen molar-refractivity contribution in [2.75, 3.05) is 0 Å². The highest BCUT2D eigenvalue weighted by atomic mass is 14.2. The van der Waals surface area contributed by atoms with E-state index in [-0.39, 0.29) is 1.43 Å². The highest BCUT2D eigenvalue weighted by Crippen LogP contribution is 2.31. The molecule has 0 heterocycles. The minimum absolute atomic E-state index is 0. The van der Waals surface area contributed by atoms with Gasteiger partial charge in [0, 0.05) is 1.43 Å². The summed E-state index contributed by atoms with van der Waals surface area (Å²) in [6.07, 6.45) is 7.12. The summed E-state index contributed by atoms with van der Waals surface area (Å²) in [4.78, 5) is 0. The van der Waals surface area contributed by atoms with E-state index in [0.717, 1.165) is 5.92 Å². The Kier molecular flexibility index (Phi) is 5.52. The molecule has 0 unspecified atom stereocenters. The lowest BCUT2D eigenvalue weighted by molar-refractivity contribution is 0.443.